The number of halogens is 8. The Labute approximate surface area is 126 Å². The maximum absolute atomic E-state index is 13.5. The fourth-order valence-electron chi connectivity index (χ4n) is 1.59. The van der Waals surface area contributed by atoms with Crippen molar-refractivity contribution in [2.75, 3.05) is 0 Å². The van der Waals surface area contributed by atoms with Crippen molar-refractivity contribution in [3.05, 3.63) is 35.9 Å². The van der Waals surface area contributed by atoms with Crippen molar-refractivity contribution < 1.29 is 55.2 Å². The molecule has 0 fully saturated rings. The number of aliphatic imine (C=N–C) groups is 1. The fourth-order valence-corrected chi connectivity index (χ4v) is 1.59. The number of hydrogen-bond acceptors (Lipinski definition) is 1. The maximum atomic E-state index is 13.5. The van der Waals surface area contributed by atoms with Crippen LogP contribution in [0.5, 0.6) is 0 Å². The Hall–Kier alpha value is -1.02. The van der Waals surface area contributed by atoms with Gasteiger partial charge in [0, 0.05) is 25.8 Å². The molecule has 119 valence electrons. The van der Waals surface area contributed by atoms with Crippen LogP contribution in [0.1, 0.15) is 5.56 Å². The van der Waals surface area contributed by atoms with Gasteiger partial charge in [-0.25, -0.2) is 8.78 Å². The van der Waals surface area contributed by atoms with Crippen LogP contribution in [0.15, 0.2) is 29.3 Å². The van der Waals surface area contributed by atoms with Gasteiger partial charge in [-0.15, -0.1) is 35.9 Å². The van der Waals surface area contributed by atoms with Crippen molar-refractivity contribution >= 4 is 5.71 Å². The van der Waals surface area contributed by atoms with Crippen LogP contribution in [0.2, 0.25) is 0 Å². The maximum Gasteiger partial charge on any atom is 0.403 e. The van der Waals surface area contributed by atoms with Gasteiger partial charge in [-0.3, -0.25) is 4.99 Å². The molecule has 0 N–H and O–H groups in total. The van der Waals surface area contributed by atoms with E-state index in [1.54, 1.807) is 0 Å². The van der Waals surface area contributed by atoms with Gasteiger partial charge >= 0.3 is 23.8 Å². The van der Waals surface area contributed by atoms with Crippen molar-refractivity contribution in [3.63, 3.8) is 0 Å². The van der Waals surface area contributed by atoms with Gasteiger partial charge in [0.15, 0.2) is 0 Å². The van der Waals surface area contributed by atoms with Crippen molar-refractivity contribution in [2.24, 2.45) is 4.99 Å². The predicted octanol–water partition coefficient (Wildman–Crippen LogP) is 3.79. The van der Waals surface area contributed by atoms with Gasteiger partial charge in [0.25, 0.3) is 0 Å². The third-order valence-electron chi connectivity index (χ3n) is 2.68. The van der Waals surface area contributed by atoms with E-state index in [9.17, 15) is 35.1 Å². The Bertz CT molecular complexity index is 555. The summed E-state index contributed by atoms with van der Waals surface area (Å²) < 4.78 is 105. The quantitative estimate of drug-likeness (QED) is 0.320. The zero-order valence-corrected chi connectivity index (χ0v) is 12.0. The monoisotopic (exact) mass is 495 g/mol. The molecule has 0 aromatic heterocycles. The molecule has 1 radical (unpaired) electrons. The van der Waals surface area contributed by atoms with E-state index in [1.807, 2.05) is 11.1 Å². The minimum absolute atomic E-state index is 0. The normalized spacial score (nSPS) is 24.7. The van der Waals surface area contributed by atoms with Crippen LogP contribution in [-0.4, -0.2) is 29.5 Å². The summed E-state index contributed by atoms with van der Waals surface area (Å²) in [6.07, 6.45) is 0. The smallest absolute Gasteiger partial charge is 0.259 e. The second-order valence-corrected chi connectivity index (χ2v) is 4.00. The first-order valence-corrected chi connectivity index (χ1v) is 5.04. The average molecular weight is 494 g/mol. The van der Waals surface area contributed by atoms with E-state index in [-0.39, 0.29) is 20.1 Å². The fraction of sp³-hybridized carbons (Fsp3) is 0.364. The van der Waals surface area contributed by atoms with E-state index in [2.05, 4.69) is 0 Å². The molecule has 0 saturated carbocycles. The molecule has 1 heterocycles. The van der Waals surface area contributed by atoms with Gasteiger partial charge in [0.2, 0.25) is 0 Å². The van der Waals surface area contributed by atoms with Crippen LogP contribution in [0, 0.1) is 6.07 Å². The molecule has 0 spiro atoms. The van der Waals surface area contributed by atoms with Crippen LogP contribution < -0.4 is 0 Å². The molecule has 1 nitrogen and oxygen atoms in total. The molecule has 0 bridgehead atoms. The first kappa shape index (κ1) is 18.0. The van der Waals surface area contributed by atoms with Crippen LogP contribution in [0.25, 0.3) is 0 Å². The Balaban J connectivity index is 0.00000220. The standard InChI is InChI=1S/C11H4F8N.Ir/c12-8(13)7(6-4-2-1-3-5-6)20-11(18,19)10(16,17)9(8,14)15;/h1-4H;/q-1;. The molecule has 1 aliphatic heterocycles. The summed E-state index contributed by atoms with van der Waals surface area (Å²) in [6, 6.07) is 0.335. The summed E-state index contributed by atoms with van der Waals surface area (Å²) in [5.74, 6) is -18.2. The molecular formula is C11H4F8IrN-. The van der Waals surface area contributed by atoms with Crippen molar-refractivity contribution in [1.29, 1.82) is 0 Å². The van der Waals surface area contributed by atoms with Crippen LogP contribution >= 0.6 is 0 Å². The molecule has 1 aromatic carbocycles. The minimum Gasteiger partial charge on any atom is -0.259 e. The number of hydrogen-bond donors (Lipinski definition) is 0. The first-order chi connectivity index (χ1) is 8.95. The summed E-state index contributed by atoms with van der Waals surface area (Å²) in [7, 11) is 0. The molecule has 0 saturated heterocycles. The Kier molecular flexibility index (Phi) is 4.30. The van der Waals surface area contributed by atoms with Crippen molar-refractivity contribution in [2.45, 2.75) is 23.8 Å². The van der Waals surface area contributed by atoms with Crippen molar-refractivity contribution in [1.82, 2.24) is 0 Å². The molecule has 0 aliphatic carbocycles. The van der Waals surface area contributed by atoms with Crippen LogP contribution in [-0.2, 0) is 20.1 Å². The molecule has 1 aromatic rings. The Morgan fingerprint density at radius 1 is 0.857 bits per heavy atom. The van der Waals surface area contributed by atoms with Gasteiger partial charge < -0.3 is 0 Å². The van der Waals surface area contributed by atoms with Gasteiger partial charge in [-0.1, -0.05) is 0 Å². The SMILES string of the molecule is FC1(F)N=C(c2[c-]cccc2)C(F)(F)C(F)(F)C1(F)F.[Ir]. The van der Waals surface area contributed by atoms with Crippen LogP contribution in [0.3, 0.4) is 0 Å². The summed E-state index contributed by atoms with van der Waals surface area (Å²) in [5.41, 5.74) is -3.04. The Morgan fingerprint density at radius 3 is 1.90 bits per heavy atom. The number of alkyl halides is 8. The van der Waals surface area contributed by atoms with Crippen molar-refractivity contribution in [3.8, 4) is 0 Å². The van der Waals surface area contributed by atoms with E-state index in [4.69, 9.17) is 0 Å². The van der Waals surface area contributed by atoms with E-state index >= 15 is 0 Å². The molecule has 0 unspecified atom stereocenters. The minimum atomic E-state index is -6.30. The van der Waals surface area contributed by atoms with Gasteiger partial charge in [0.05, 0.1) is 0 Å². The van der Waals surface area contributed by atoms with E-state index < -0.39 is 35.1 Å². The van der Waals surface area contributed by atoms with Gasteiger partial charge in [0.1, 0.15) is 0 Å². The Morgan fingerprint density at radius 2 is 1.43 bits per heavy atom. The second-order valence-electron chi connectivity index (χ2n) is 4.00. The zero-order valence-electron chi connectivity index (χ0n) is 9.61. The average Bonchev–Trinajstić information content (AvgIpc) is 2.35. The molecule has 10 heteroatoms. The van der Waals surface area contributed by atoms with E-state index in [0.717, 1.165) is 18.2 Å². The number of benzene rings is 1. The summed E-state index contributed by atoms with van der Waals surface area (Å²) >= 11 is 0. The van der Waals surface area contributed by atoms with Gasteiger partial charge in [-0.05, 0) is 0 Å². The van der Waals surface area contributed by atoms with E-state index in [0.29, 0.717) is 0 Å². The molecular weight excluding hydrogens is 490 g/mol. The van der Waals surface area contributed by atoms with Crippen LogP contribution in [0.4, 0.5) is 35.1 Å². The largest absolute Gasteiger partial charge is 0.403 e. The molecule has 0 amide bonds. The first-order valence-electron chi connectivity index (χ1n) is 5.04. The molecule has 0 atom stereocenters. The number of nitrogens with zero attached hydrogens (tertiary/aromatic N) is 1. The number of rotatable bonds is 1. The molecule has 1 aliphatic rings. The zero-order chi connectivity index (χ0) is 15.4. The third kappa shape index (κ3) is 2.28. The topological polar surface area (TPSA) is 12.4 Å². The van der Waals surface area contributed by atoms with E-state index in [1.165, 1.54) is 6.07 Å². The second kappa shape index (κ2) is 5.01. The third-order valence-corrected chi connectivity index (χ3v) is 2.68. The molecule has 21 heavy (non-hydrogen) atoms. The summed E-state index contributed by atoms with van der Waals surface area (Å²) in [4.78, 5) is 1.86. The predicted molar refractivity (Wildman–Crippen MR) is 51.6 cm³/mol. The van der Waals surface area contributed by atoms with Gasteiger partial charge in [-0.2, -0.15) is 26.3 Å². The molecule has 2 rings (SSSR count). The summed E-state index contributed by atoms with van der Waals surface area (Å²) in [5, 5.41) is 0. The summed E-state index contributed by atoms with van der Waals surface area (Å²) in [6.45, 7) is 0.